The van der Waals surface area contributed by atoms with Crippen molar-refractivity contribution in [3.8, 4) is 0 Å². The predicted octanol–water partition coefficient (Wildman–Crippen LogP) is 6.08. The summed E-state index contributed by atoms with van der Waals surface area (Å²) in [5.41, 5.74) is 2.69. The van der Waals surface area contributed by atoms with E-state index in [4.69, 9.17) is 0 Å². The van der Waals surface area contributed by atoms with E-state index in [1.54, 1.807) is 6.07 Å². The number of imidazole rings is 1. The number of H-pyrrole nitrogens is 1. The van der Waals surface area contributed by atoms with Gasteiger partial charge in [0.2, 0.25) is 5.82 Å². The lowest BCUT2D eigenvalue weighted by Crippen LogP contribution is -2.26. The van der Waals surface area contributed by atoms with Crippen molar-refractivity contribution in [1.82, 2.24) is 9.97 Å². The summed E-state index contributed by atoms with van der Waals surface area (Å²) in [5.74, 6) is -0.921. The molecule has 2 rings (SSSR count). The van der Waals surface area contributed by atoms with Gasteiger partial charge in [-0.1, -0.05) is 45.6 Å². The zero-order chi connectivity index (χ0) is 18.4. The molecule has 6 heteroatoms. The number of aryl methyl sites for hydroxylation is 1. The largest absolute Gasteiger partial charge is 0.449 e. The molecule has 0 aliphatic heterocycles. The second-order valence-electron chi connectivity index (χ2n) is 6.61. The Hall–Kier alpha value is -1.72. The van der Waals surface area contributed by atoms with E-state index in [0.29, 0.717) is 11.0 Å². The SMILES string of the molecule is CCCCCCN(CCCC)c1c(C)ccc2[nH]c(C(F)(F)F)nc12. The van der Waals surface area contributed by atoms with Gasteiger partial charge in [-0.2, -0.15) is 13.2 Å². The molecule has 0 amide bonds. The van der Waals surface area contributed by atoms with Crippen molar-refractivity contribution >= 4 is 16.7 Å². The van der Waals surface area contributed by atoms with E-state index >= 15 is 0 Å². The number of nitrogens with one attached hydrogen (secondary N) is 1. The number of halogens is 3. The first-order valence-corrected chi connectivity index (χ1v) is 9.20. The molecule has 0 saturated carbocycles. The molecule has 1 aromatic carbocycles. The van der Waals surface area contributed by atoms with E-state index in [9.17, 15) is 13.2 Å². The lowest BCUT2D eigenvalue weighted by molar-refractivity contribution is -0.144. The van der Waals surface area contributed by atoms with Gasteiger partial charge in [-0.05, 0) is 31.4 Å². The molecule has 1 heterocycles. The Balaban J connectivity index is 2.38. The zero-order valence-corrected chi connectivity index (χ0v) is 15.3. The highest BCUT2D eigenvalue weighted by Gasteiger charge is 2.35. The number of hydrogen-bond acceptors (Lipinski definition) is 2. The number of benzene rings is 1. The van der Waals surface area contributed by atoms with E-state index in [2.05, 4.69) is 28.7 Å². The van der Waals surface area contributed by atoms with Gasteiger partial charge < -0.3 is 9.88 Å². The number of fused-ring (bicyclic) bond motifs is 1. The maximum atomic E-state index is 13.0. The molecule has 0 fully saturated rings. The summed E-state index contributed by atoms with van der Waals surface area (Å²) in [7, 11) is 0. The first-order chi connectivity index (χ1) is 11.9. The summed E-state index contributed by atoms with van der Waals surface area (Å²) < 4.78 is 39.1. The topological polar surface area (TPSA) is 31.9 Å². The monoisotopic (exact) mass is 355 g/mol. The number of aromatic amines is 1. The maximum absolute atomic E-state index is 13.0. The average Bonchev–Trinajstić information content (AvgIpc) is 2.99. The minimum atomic E-state index is -4.46. The number of hydrogen-bond donors (Lipinski definition) is 1. The standard InChI is InChI=1S/C19H28F3N3/c1-4-6-8-9-13-25(12-7-5-2)17-14(3)10-11-15-16(17)24-18(23-15)19(20,21)22/h10-11H,4-9,12-13H2,1-3H3,(H,23,24). The van der Waals surface area contributed by atoms with Gasteiger partial charge in [0.1, 0.15) is 5.52 Å². The van der Waals surface area contributed by atoms with Crippen LogP contribution in [0.3, 0.4) is 0 Å². The van der Waals surface area contributed by atoms with Crippen molar-refractivity contribution in [1.29, 1.82) is 0 Å². The smallest absolute Gasteiger partial charge is 0.370 e. The van der Waals surface area contributed by atoms with Crippen LogP contribution in [0.5, 0.6) is 0 Å². The second-order valence-corrected chi connectivity index (χ2v) is 6.61. The van der Waals surface area contributed by atoms with Crippen LogP contribution in [-0.4, -0.2) is 23.1 Å². The van der Waals surface area contributed by atoms with Crippen LogP contribution in [0.1, 0.15) is 63.8 Å². The maximum Gasteiger partial charge on any atom is 0.449 e. The fourth-order valence-corrected chi connectivity index (χ4v) is 3.11. The minimum absolute atomic E-state index is 0.430. The van der Waals surface area contributed by atoms with Crippen molar-refractivity contribution in [3.05, 3.63) is 23.5 Å². The molecule has 1 aromatic heterocycles. The summed E-state index contributed by atoms with van der Waals surface area (Å²) in [6.07, 6.45) is 2.14. The molecule has 0 radical (unpaired) electrons. The van der Waals surface area contributed by atoms with E-state index < -0.39 is 12.0 Å². The molecule has 0 spiro atoms. The van der Waals surface area contributed by atoms with Crippen molar-refractivity contribution in [2.75, 3.05) is 18.0 Å². The summed E-state index contributed by atoms with van der Waals surface area (Å²) in [4.78, 5) is 8.54. The highest BCUT2D eigenvalue weighted by molar-refractivity contribution is 5.91. The van der Waals surface area contributed by atoms with Gasteiger partial charge in [-0.15, -0.1) is 0 Å². The number of aromatic nitrogens is 2. The van der Waals surface area contributed by atoms with Crippen LogP contribution in [-0.2, 0) is 6.18 Å². The minimum Gasteiger partial charge on any atom is -0.370 e. The molecule has 25 heavy (non-hydrogen) atoms. The van der Waals surface area contributed by atoms with E-state index in [1.807, 2.05) is 13.0 Å². The van der Waals surface area contributed by atoms with Crippen LogP contribution in [0.15, 0.2) is 12.1 Å². The first kappa shape index (κ1) is 19.6. The van der Waals surface area contributed by atoms with Gasteiger partial charge in [0, 0.05) is 13.1 Å². The molecule has 0 aliphatic carbocycles. The quantitative estimate of drug-likeness (QED) is 0.553. The Kier molecular flexibility index (Phi) is 6.73. The predicted molar refractivity (Wildman–Crippen MR) is 97.1 cm³/mol. The van der Waals surface area contributed by atoms with E-state index in [1.165, 1.54) is 6.42 Å². The van der Waals surface area contributed by atoms with Crippen LogP contribution in [0.25, 0.3) is 11.0 Å². The molecule has 3 nitrogen and oxygen atoms in total. The number of anilines is 1. The molecule has 0 atom stereocenters. The molecule has 0 aliphatic rings. The molecule has 0 bridgehead atoms. The van der Waals surface area contributed by atoms with Crippen LogP contribution in [0, 0.1) is 6.92 Å². The van der Waals surface area contributed by atoms with Crippen LogP contribution in [0.4, 0.5) is 18.9 Å². The van der Waals surface area contributed by atoms with Crippen molar-refractivity contribution in [2.24, 2.45) is 0 Å². The number of unbranched alkanes of at least 4 members (excludes halogenated alkanes) is 4. The molecule has 1 N–H and O–H groups in total. The Morgan fingerprint density at radius 3 is 2.32 bits per heavy atom. The molecular formula is C19H28F3N3. The van der Waals surface area contributed by atoms with Gasteiger partial charge in [0.05, 0.1) is 11.2 Å². The highest BCUT2D eigenvalue weighted by atomic mass is 19.4. The molecule has 0 unspecified atom stereocenters. The number of alkyl halides is 3. The summed E-state index contributed by atoms with van der Waals surface area (Å²) in [6.45, 7) is 7.94. The van der Waals surface area contributed by atoms with Crippen molar-refractivity contribution in [3.63, 3.8) is 0 Å². The third kappa shape index (κ3) is 4.89. The molecular weight excluding hydrogens is 327 g/mol. The molecule has 140 valence electrons. The van der Waals surface area contributed by atoms with Gasteiger partial charge in [-0.3, -0.25) is 0 Å². The van der Waals surface area contributed by atoms with E-state index in [0.717, 1.165) is 56.4 Å². The van der Waals surface area contributed by atoms with Crippen molar-refractivity contribution < 1.29 is 13.2 Å². The van der Waals surface area contributed by atoms with Crippen LogP contribution >= 0.6 is 0 Å². The Morgan fingerprint density at radius 2 is 1.68 bits per heavy atom. The summed E-state index contributed by atoms with van der Waals surface area (Å²) in [6, 6.07) is 3.56. The summed E-state index contributed by atoms with van der Waals surface area (Å²) in [5, 5.41) is 0. The highest BCUT2D eigenvalue weighted by Crippen LogP contribution is 2.34. The fourth-order valence-electron chi connectivity index (χ4n) is 3.11. The number of rotatable bonds is 9. The van der Waals surface area contributed by atoms with Crippen LogP contribution in [0.2, 0.25) is 0 Å². The Bertz CT molecular complexity index is 676. The van der Waals surface area contributed by atoms with Gasteiger partial charge in [0.25, 0.3) is 0 Å². The van der Waals surface area contributed by atoms with Crippen LogP contribution < -0.4 is 4.90 Å². The van der Waals surface area contributed by atoms with Gasteiger partial charge in [-0.25, -0.2) is 4.98 Å². The zero-order valence-electron chi connectivity index (χ0n) is 15.3. The Labute approximate surface area is 147 Å². The molecule has 2 aromatic rings. The normalized spacial score (nSPS) is 12.1. The lowest BCUT2D eigenvalue weighted by atomic mass is 10.1. The van der Waals surface area contributed by atoms with Crippen molar-refractivity contribution in [2.45, 2.75) is 65.5 Å². The van der Waals surface area contributed by atoms with Gasteiger partial charge in [0.15, 0.2) is 0 Å². The molecule has 0 saturated heterocycles. The average molecular weight is 355 g/mol. The second kappa shape index (κ2) is 8.59. The number of nitrogens with zero attached hydrogens (tertiary/aromatic N) is 2. The Morgan fingerprint density at radius 1 is 1.00 bits per heavy atom. The first-order valence-electron chi connectivity index (χ1n) is 9.20. The lowest BCUT2D eigenvalue weighted by Gasteiger charge is -2.27. The van der Waals surface area contributed by atoms with Gasteiger partial charge >= 0.3 is 6.18 Å². The van der Waals surface area contributed by atoms with E-state index in [-0.39, 0.29) is 0 Å². The fraction of sp³-hybridized carbons (Fsp3) is 0.632. The summed E-state index contributed by atoms with van der Waals surface area (Å²) >= 11 is 0. The third-order valence-corrected chi connectivity index (χ3v) is 4.48. The third-order valence-electron chi connectivity index (χ3n) is 4.48.